The van der Waals surface area contributed by atoms with Gasteiger partial charge >= 0.3 is 0 Å². The Hall–Kier alpha value is -2.25. The van der Waals surface area contributed by atoms with Gasteiger partial charge in [0.2, 0.25) is 15.9 Å². The van der Waals surface area contributed by atoms with Crippen molar-refractivity contribution in [3.05, 3.63) is 58.4 Å². The predicted octanol–water partition coefficient (Wildman–Crippen LogP) is 2.98. The van der Waals surface area contributed by atoms with Gasteiger partial charge in [0.25, 0.3) is 0 Å². The number of rotatable bonds is 5. The first kappa shape index (κ1) is 19.1. The van der Waals surface area contributed by atoms with Crippen LogP contribution >= 0.6 is 0 Å². The van der Waals surface area contributed by atoms with Gasteiger partial charge in [0.1, 0.15) is 5.82 Å². The van der Waals surface area contributed by atoms with E-state index in [2.05, 4.69) is 10.0 Å². The highest BCUT2D eigenvalue weighted by molar-refractivity contribution is 7.89. The maximum atomic E-state index is 13.1. The number of aryl methyl sites for hydroxylation is 2. The van der Waals surface area contributed by atoms with Gasteiger partial charge in [-0.2, -0.15) is 0 Å². The van der Waals surface area contributed by atoms with E-state index >= 15 is 0 Å². The lowest BCUT2D eigenvalue weighted by Crippen LogP contribution is -2.33. The summed E-state index contributed by atoms with van der Waals surface area (Å²) in [6.45, 7) is 6.73. The van der Waals surface area contributed by atoms with Crippen molar-refractivity contribution in [1.29, 1.82) is 0 Å². The summed E-state index contributed by atoms with van der Waals surface area (Å²) >= 11 is 0. The van der Waals surface area contributed by atoms with E-state index in [1.807, 2.05) is 19.9 Å². The van der Waals surface area contributed by atoms with Gasteiger partial charge in [-0.3, -0.25) is 4.79 Å². The SMILES string of the molecule is Cc1cc(C)c(C)c(S(=O)(=O)NCC(=O)Nc2cccc(F)c2)c1C. The Morgan fingerprint density at radius 2 is 1.64 bits per heavy atom. The van der Waals surface area contributed by atoms with Crippen molar-refractivity contribution in [3.8, 4) is 0 Å². The zero-order valence-electron chi connectivity index (χ0n) is 14.6. The quantitative estimate of drug-likeness (QED) is 0.856. The van der Waals surface area contributed by atoms with Crippen molar-refractivity contribution in [1.82, 2.24) is 4.72 Å². The van der Waals surface area contributed by atoms with E-state index in [1.54, 1.807) is 13.8 Å². The molecule has 134 valence electrons. The summed E-state index contributed by atoms with van der Waals surface area (Å²) in [4.78, 5) is 12.1. The number of carbonyl (C=O) groups excluding carboxylic acids is 1. The first-order chi connectivity index (χ1) is 11.6. The standard InChI is InChI=1S/C18H21FN2O3S/c1-11-8-12(2)14(4)18(13(11)3)25(23,24)20-10-17(22)21-16-7-5-6-15(19)9-16/h5-9,20H,10H2,1-4H3,(H,21,22). The number of carbonyl (C=O) groups is 1. The molecule has 5 nitrogen and oxygen atoms in total. The zero-order chi connectivity index (χ0) is 18.8. The minimum Gasteiger partial charge on any atom is -0.325 e. The number of sulfonamides is 1. The molecule has 7 heteroatoms. The topological polar surface area (TPSA) is 75.3 Å². The van der Waals surface area contributed by atoms with Crippen LogP contribution in [0.3, 0.4) is 0 Å². The molecule has 0 radical (unpaired) electrons. The predicted molar refractivity (Wildman–Crippen MR) is 95.6 cm³/mol. The molecule has 0 saturated carbocycles. The highest BCUT2D eigenvalue weighted by Crippen LogP contribution is 2.25. The van der Waals surface area contributed by atoms with Gasteiger partial charge in [-0.15, -0.1) is 0 Å². The zero-order valence-corrected chi connectivity index (χ0v) is 15.4. The van der Waals surface area contributed by atoms with Crippen LogP contribution in [0.2, 0.25) is 0 Å². The minimum absolute atomic E-state index is 0.198. The van der Waals surface area contributed by atoms with Crippen molar-refractivity contribution >= 4 is 21.6 Å². The molecule has 2 rings (SSSR count). The molecule has 25 heavy (non-hydrogen) atoms. The lowest BCUT2D eigenvalue weighted by Gasteiger charge is -2.16. The van der Waals surface area contributed by atoms with Crippen LogP contribution in [0.4, 0.5) is 10.1 Å². The largest absolute Gasteiger partial charge is 0.325 e. The molecule has 0 aromatic heterocycles. The molecule has 1 amide bonds. The first-order valence-corrected chi connectivity index (χ1v) is 9.22. The van der Waals surface area contributed by atoms with Crippen LogP contribution < -0.4 is 10.0 Å². The van der Waals surface area contributed by atoms with Gasteiger partial charge in [0, 0.05) is 5.69 Å². The summed E-state index contributed by atoms with van der Waals surface area (Å²) in [6, 6.07) is 7.32. The van der Waals surface area contributed by atoms with Gasteiger partial charge in [0.05, 0.1) is 11.4 Å². The maximum absolute atomic E-state index is 13.1. The molecule has 0 aliphatic rings. The molecule has 0 fully saturated rings. The summed E-state index contributed by atoms with van der Waals surface area (Å²) in [5.74, 6) is -1.06. The number of benzene rings is 2. The van der Waals surface area contributed by atoms with Crippen molar-refractivity contribution < 1.29 is 17.6 Å². The van der Waals surface area contributed by atoms with Crippen molar-refractivity contribution in [2.24, 2.45) is 0 Å². The van der Waals surface area contributed by atoms with Gasteiger partial charge in [-0.05, 0) is 68.1 Å². The molecule has 0 bridgehead atoms. The van der Waals surface area contributed by atoms with Gasteiger partial charge in [-0.1, -0.05) is 12.1 Å². The average Bonchev–Trinajstić information content (AvgIpc) is 2.51. The van der Waals surface area contributed by atoms with Crippen LogP contribution in [-0.4, -0.2) is 20.9 Å². The van der Waals surface area contributed by atoms with E-state index in [4.69, 9.17) is 0 Å². The Balaban J connectivity index is 2.16. The van der Waals surface area contributed by atoms with Crippen molar-refractivity contribution in [2.45, 2.75) is 32.6 Å². The van der Waals surface area contributed by atoms with Crippen LogP contribution in [0, 0.1) is 33.5 Å². The third kappa shape index (κ3) is 4.43. The minimum atomic E-state index is -3.85. The van der Waals surface area contributed by atoms with Crippen LogP contribution in [0.1, 0.15) is 22.3 Å². The van der Waals surface area contributed by atoms with E-state index in [-0.39, 0.29) is 10.6 Å². The second-order valence-corrected chi connectivity index (χ2v) is 7.68. The molecule has 0 saturated heterocycles. The second-order valence-electron chi connectivity index (χ2n) is 5.97. The molecule has 0 aliphatic heterocycles. The number of nitrogens with one attached hydrogen (secondary N) is 2. The molecule has 2 N–H and O–H groups in total. The van der Waals surface area contributed by atoms with E-state index in [0.717, 1.165) is 17.2 Å². The smallest absolute Gasteiger partial charge is 0.241 e. The molecular formula is C18H21FN2O3S. The maximum Gasteiger partial charge on any atom is 0.241 e. The van der Waals surface area contributed by atoms with Gasteiger partial charge in [-0.25, -0.2) is 17.5 Å². The summed E-state index contributed by atoms with van der Waals surface area (Å²) in [5.41, 5.74) is 3.31. The Kier molecular flexibility index (Phi) is 5.59. The van der Waals surface area contributed by atoms with E-state index < -0.39 is 28.3 Å². The van der Waals surface area contributed by atoms with E-state index in [0.29, 0.717) is 11.1 Å². The molecule has 0 atom stereocenters. The molecule has 2 aromatic rings. The van der Waals surface area contributed by atoms with Gasteiger partial charge in [0.15, 0.2) is 0 Å². The lowest BCUT2D eigenvalue weighted by molar-refractivity contribution is -0.115. The number of amides is 1. The highest BCUT2D eigenvalue weighted by atomic mass is 32.2. The number of hydrogen-bond donors (Lipinski definition) is 2. The number of hydrogen-bond acceptors (Lipinski definition) is 3. The molecular weight excluding hydrogens is 343 g/mol. The second kappa shape index (κ2) is 7.33. The van der Waals surface area contributed by atoms with Crippen LogP contribution in [0.25, 0.3) is 0 Å². The summed E-state index contributed by atoms with van der Waals surface area (Å²) < 4.78 is 40.7. The summed E-state index contributed by atoms with van der Waals surface area (Å²) in [5, 5.41) is 2.45. The first-order valence-electron chi connectivity index (χ1n) is 7.74. The average molecular weight is 364 g/mol. The number of halogens is 1. The van der Waals surface area contributed by atoms with Crippen LogP contribution in [0.5, 0.6) is 0 Å². The molecule has 0 spiro atoms. The monoisotopic (exact) mass is 364 g/mol. The van der Waals surface area contributed by atoms with E-state index in [1.165, 1.54) is 18.2 Å². The Morgan fingerprint density at radius 3 is 2.20 bits per heavy atom. The van der Waals surface area contributed by atoms with Gasteiger partial charge < -0.3 is 5.32 Å². The summed E-state index contributed by atoms with van der Waals surface area (Å²) in [7, 11) is -3.85. The lowest BCUT2D eigenvalue weighted by atomic mass is 10.0. The fourth-order valence-corrected chi connectivity index (χ4v) is 4.18. The fourth-order valence-electron chi connectivity index (χ4n) is 2.59. The summed E-state index contributed by atoms with van der Waals surface area (Å²) in [6.07, 6.45) is 0. The molecule has 0 aliphatic carbocycles. The fraction of sp³-hybridized carbons (Fsp3) is 0.278. The van der Waals surface area contributed by atoms with Crippen molar-refractivity contribution in [2.75, 3.05) is 11.9 Å². The Bertz CT molecular complexity index is 898. The molecule has 2 aromatic carbocycles. The normalized spacial score (nSPS) is 11.4. The van der Waals surface area contributed by atoms with Crippen LogP contribution in [0.15, 0.2) is 35.2 Å². The number of anilines is 1. The third-order valence-corrected chi connectivity index (χ3v) is 5.77. The van der Waals surface area contributed by atoms with Crippen LogP contribution in [-0.2, 0) is 14.8 Å². The molecule has 0 heterocycles. The van der Waals surface area contributed by atoms with E-state index in [9.17, 15) is 17.6 Å². The Morgan fingerprint density at radius 1 is 1.04 bits per heavy atom. The van der Waals surface area contributed by atoms with Crippen molar-refractivity contribution in [3.63, 3.8) is 0 Å². The Labute approximate surface area is 147 Å². The molecule has 0 unspecified atom stereocenters. The highest BCUT2D eigenvalue weighted by Gasteiger charge is 2.22. The third-order valence-electron chi connectivity index (χ3n) is 4.10.